The SMILES string of the molecule is CC(C)CNc1ccc(Cl)cc1C(O)c1cccc(CNC(=O)OC(C)(C)C)c1. The van der Waals surface area contributed by atoms with Gasteiger partial charge in [-0.1, -0.05) is 49.7 Å². The Bertz CT molecular complexity index is 831. The Morgan fingerprint density at radius 1 is 1.17 bits per heavy atom. The predicted octanol–water partition coefficient (Wildman–Crippen LogP) is 5.51. The molecule has 1 amide bonds. The molecule has 2 aromatic carbocycles. The molecule has 29 heavy (non-hydrogen) atoms. The van der Waals surface area contributed by atoms with Crippen LogP contribution in [0.5, 0.6) is 0 Å². The molecule has 1 atom stereocenters. The van der Waals surface area contributed by atoms with E-state index in [-0.39, 0.29) is 0 Å². The maximum Gasteiger partial charge on any atom is 0.407 e. The smallest absolute Gasteiger partial charge is 0.407 e. The van der Waals surface area contributed by atoms with Gasteiger partial charge in [-0.3, -0.25) is 0 Å². The van der Waals surface area contributed by atoms with Crippen molar-refractivity contribution < 1.29 is 14.6 Å². The van der Waals surface area contributed by atoms with Crippen LogP contribution in [0.2, 0.25) is 5.02 Å². The normalized spacial score (nSPS) is 12.6. The minimum atomic E-state index is -0.843. The van der Waals surface area contributed by atoms with Crippen LogP contribution in [0.4, 0.5) is 10.5 Å². The highest BCUT2D eigenvalue weighted by Crippen LogP contribution is 2.31. The number of benzene rings is 2. The minimum Gasteiger partial charge on any atom is -0.444 e. The molecule has 0 saturated heterocycles. The van der Waals surface area contributed by atoms with Crippen molar-refractivity contribution >= 4 is 23.4 Å². The summed E-state index contributed by atoms with van der Waals surface area (Å²) in [6.07, 6.45) is -1.32. The van der Waals surface area contributed by atoms with Gasteiger partial charge in [0.25, 0.3) is 0 Å². The van der Waals surface area contributed by atoms with Crippen molar-refractivity contribution in [2.75, 3.05) is 11.9 Å². The zero-order chi connectivity index (χ0) is 21.6. The van der Waals surface area contributed by atoms with Crippen LogP contribution in [0, 0.1) is 5.92 Å². The number of anilines is 1. The van der Waals surface area contributed by atoms with Crippen molar-refractivity contribution in [3.8, 4) is 0 Å². The van der Waals surface area contributed by atoms with Gasteiger partial charge in [-0.2, -0.15) is 0 Å². The van der Waals surface area contributed by atoms with Crippen molar-refractivity contribution in [2.24, 2.45) is 5.92 Å². The van der Waals surface area contributed by atoms with E-state index in [9.17, 15) is 9.90 Å². The van der Waals surface area contributed by atoms with E-state index in [1.54, 1.807) is 6.07 Å². The zero-order valence-corrected chi connectivity index (χ0v) is 18.5. The predicted molar refractivity (Wildman–Crippen MR) is 118 cm³/mol. The first-order valence-electron chi connectivity index (χ1n) is 9.82. The summed E-state index contributed by atoms with van der Waals surface area (Å²) < 4.78 is 5.26. The average molecular weight is 419 g/mol. The van der Waals surface area contributed by atoms with Crippen LogP contribution in [0.1, 0.15) is 57.4 Å². The van der Waals surface area contributed by atoms with Crippen molar-refractivity contribution in [1.29, 1.82) is 0 Å². The molecule has 0 saturated carbocycles. The number of halogens is 1. The molecule has 0 fully saturated rings. The zero-order valence-electron chi connectivity index (χ0n) is 17.8. The third kappa shape index (κ3) is 7.59. The fraction of sp³-hybridized carbons (Fsp3) is 0.435. The van der Waals surface area contributed by atoms with E-state index in [0.29, 0.717) is 17.5 Å². The molecule has 2 rings (SSSR count). The minimum absolute atomic E-state index is 0.309. The molecule has 5 nitrogen and oxygen atoms in total. The van der Waals surface area contributed by atoms with Crippen LogP contribution >= 0.6 is 11.6 Å². The number of aliphatic hydroxyl groups is 1. The first-order chi connectivity index (χ1) is 13.5. The number of carbonyl (C=O) groups is 1. The number of ether oxygens (including phenoxy) is 1. The van der Waals surface area contributed by atoms with Crippen LogP contribution < -0.4 is 10.6 Å². The number of rotatable bonds is 7. The Labute approximate surface area is 178 Å². The lowest BCUT2D eigenvalue weighted by Gasteiger charge is -2.20. The van der Waals surface area contributed by atoms with Crippen LogP contribution in [0.3, 0.4) is 0 Å². The Kier molecular flexibility index (Phi) is 7.94. The van der Waals surface area contributed by atoms with Crippen molar-refractivity contribution in [3.63, 3.8) is 0 Å². The maximum absolute atomic E-state index is 11.9. The molecule has 0 aliphatic heterocycles. The van der Waals surface area contributed by atoms with E-state index in [1.807, 2.05) is 57.2 Å². The van der Waals surface area contributed by atoms with Gasteiger partial charge >= 0.3 is 6.09 Å². The number of aliphatic hydroxyl groups excluding tert-OH is 1. The van der Waals surface area contributed by atoms with E-state index in [2.05, 4.69) is 24.5 Å². The molecular formula is C23H31ClN2O3. The molecule has 0 aromatic heterocycles. The van der Waals surface area contributed by atoms with Gasteiger partial charge in [-0.25, -0.2) is 4.79 Å². The van der Waals surface area contributed by atoms with Gasteiger partial charge in [-0.15, -0.1) is 0 Å². The lowest BCUT2D eigenvalue weighted by molar-refractivity contribution is 0.0523. The topological polar surface area (TPSA) is 70.6 Å². The summed E-state index contributed by atoms with van der Waals surface area (Å²) in [4.78, 5) is 11.9. The molecule has 6 heteroatoms. The van der Waals surface area contributed by atoms with E-state index in [0.717, 1.165) is 28.9 Å². The molecule has 3 N–H and O–H groups in total. The average Bonchev–Trinajstić information content (AvgIpc) is 2.63. The van der Waals surface area contributed by atoms with E-state index < -0.39 is 17.8 Å². The standard InChI is InChI=1S/C23H31ClN2O3/c1-15(2)13-25-20-10-9-18(24)12-19(20)21(27)17-8-6-7-16(11-17)14-26-22(28)29-23(3,4)5/h6-12,15,21,25,27H,13-14H2,1-5H3,(H,26,28). The molecule has 0 aliphatic carbocycles. The maximum atomic E-state index is 11.9. The summed E-state index contributed by atoms with van der Waals surface area (Å²) in [5.41, 5.74) is 2.62. The van der Waals surface area contributed by atoms with Crippen molar-refractivity contribution in [1.82, 2.24) is 5.32 Å². The van der Waals surface area contributed by atoms with E-state index in [1.165, 1.54) is 0 Å². The molecule has 0 heterocycles. The van der Waals surface area contributed by atoms with Gasteiger partial charge in [0.05, 0.1) is 0 Å². The lowest BCUT2D eigenvalue weighted by Crippen LogP contribution is -2.32. The second kappa shape index (κ2) is 9.99. The second-order valence-electron chi connectivity index (χ2n) is 8.51. The van der Waals surface area contributed by atoms with Gasteiger partial charge in [0, 0.05) is 29.4 Å². The summed E-state index contributed by atoms with van der Waals surface area (Å²) in [5, 5.41) is 17.7. The highest BCUT2D eigenvalue weighted by Gasteiger charge is 2.18. The number of hydrogen-bond acceptors (Lipinski definition) is 4. The number of alkyl carbamates (subject to hydrolysis) is 1. The summed E-state index contributed by atoms with van der Waals surface area (Å²) in [7, 11) is 0. The second-order valence-corrected chi connectivity index (χ2v) is 8.95. The highest BCUT2D eigenvalue weighted by atomic mass is 35.5. The largest absolute Gasteiger partial charge is 0.444 e. The molecule has 2 aromatic rings. The number of hydrogen-bond donors (Lipinski definition) is 3. The quantitative estimate of drug-likeness (QED) is 0.554. The van der Waals surface area contributed by atoms with Crippen LogP contribution in [-0.2, 0) is 11.3 Å². The Balaban J connectivity index is 2.16. The van der Waals surface area contributed by atoms with Crippen LogP contribution in [-0.4, -0.2) is 23.3 Å². The highest BCUT2D eigenvalue weighted by molar-refractivity contribution is 6.30. The first kappa shape index (κ1) is 23.0. The van der Waals surface area contributed by atoms with E-state index in [4.69, 9.17) is 16.3 Å². The Hall–Kier alpha value is -2.24. The first-order valence-corrected chi connectivity index (χ1v) is 10.2. The van der Waals surface area contributed by atoms with Gasteiger partial charge in [-0.05, 0) is 56.0 Å². The third-order valence-electron chi connectivity index (χ3n) is 4.11. The summed E-state index contributed by atoms with van der Waals surface area (Å²) in [5.74, 6) is 0.470. The third-order valence-corrected chi connectivity index (χ3v) is 4.35. The summed E-state index contributed by atoms with van der Waals surface area (Å²) in [6, 6.07) is 12.9. The van der Waals surface area contributed by atoms with Gasteiger partial charge < -0.3 is 20.5 Å². The molecule has 0 aliphatic rings. The Morgan fingerprint density at radius 2 is 1.90 bits per heavy atom. The van der Waals surface area contributed by atoms with Crippen LogP contribution in [0.15, 0.2) is 42.5 Å². The summed E-state index contributed by atoms with van der Waals surface area (Å²) in [6.45, 7) is 10.8. The fourth-order valence-corrected chi connectivity index (χ4v) is 2.96. The lowest BCUT2D eigenvalue weighted by atomic mass is 9.98. The molecule has 0 bridgehead atoms. The molecule has 1 unspecified atom stereocenters. The van der Waals surface area contributed by atoms with Gasteiger partial charge in [0.15, 0.2) is 0 Å². The summed E-state index contributed by atoms with van der Waals surface area (Å²) >= 11 is 6.18. The van der Waals surface area contributed by atoms with E-state index >= 15 is 0 Å². The molecule has 158 valence electrons. The molecule has 0 radical (unpaired) electrons. The van der Waals surface area contributed by atoms with Crippen molar-refractivity contribution in [2.45, 2.75) is 52.9 Å². The fourth-order valence-electron chi connectivity index (χ4n) is 2.78. The van der Waals surface area contributed by atoms with Gasteiger partial charge in [0.2, 0.25) is 0 Å². The number of nitrogens with one attached hydrogen (secondary N) is 2. The van der Waals surface area contributed by atoms with Crippen LogP contribution in [0.25, 0.3) is 0 Å². The number of carbonyl (C=O) groups excluding carboxylic acids is 1. The Morgan fingerprint density at radius 3 is 2.55 bits per heavy atom. The number of amides is 1. The molecule has 0 spiro atoms. The molecular weight excluding hydrogens is 388 g/mol. The van der Waals surface area contributed by atoms with Gasteiger partial charge in [0.1, 0.15) is 11.7 Å². The monoisotopic (exact) mass is 418 g/mol. The van der Waals surface area contributed by atoms with Crippen molar-refractivity contribution in [3.05, 3.63) is 64.2 Å².